The zero-order valence-corrected chi connectivity index (χ0v) is 21.4. The molecule has 1 aromatic carbocycles. The SMILES string of the molecule is COCC(=O)[C@H]1CC[C@H]2[C@@H]3CC(CC#CCO)C4=CC(=O)CCC4=C3[C@@H](c3ccc(N)cc3)C[C@]12C. The Kier molecular flexibility index (Phi) is 6.94. The predicted octanol–water partition coefficient (Wildman–Crippen LogP) is 4.61. The fourth-order valence-electron chi connectivity index (χ4n) is 8.04. The first kappa shape index (κ1) is 25.0. The number of anilines is 1. The molecule has 0 aromatic heterocycles. The van der Waals surface area contributed by atoms with Crippen LogP contribution in [0.3, 0.4) is 0 Å². The number of Topliss-reactive ketones (excluding diaryl/α,β-unsaturated/α-hetero) is 1. The molecule has 0 heterocycles. The van der Waals surface area contributed by atoms with Crippen LogP contribution in [0.5, 0.6) is 0 Å². The molecule has 0 bridgehead atoms. The second kappa shape index (κ2) is 10.00. The Morgan fingerprint density at radius 1 is 1.19 bits per heavy atom. The summed E-state index contributed by atoms with van der Waals surface area (Å²) < 4.78 is 5.28. The predicted molar refractivity (Wildman–Crippen MR) is 140 cm³/mol. The van der Waals surface area contributed by atoms with Crippen LogP contribution in [0.15, 0.2) is 47.1 Å². The number of rotatable bonds is 5. The topological polar surface area (TPSA) is 89.6 Å². The Balaban J connectivity index is 1.65. The number of benzene rings is 1. The monoisotopic (exact) mass is 487 g/mol. The summed E-state index contributed by atoms with van der Waals surface area (Å²) in [6.07, 6.45) is 7.67. The van der Waals surface area contributed by atoms with Gasteiger partial charge in [-0.2, -0.15) is 0 Å². The fourth-order valence-corrected chi connectivity index (χ4v) is 8.04. The van der Waals surface area contributed by atoms with Gasteiger partial charge in [0.2, 0.25) is 0 Å². The highest BCUT2D eigenvalue weighted by Crippen LogP contribution is 2.66. The van der Waals surface area contributed by atoms with E-state index in [4.69, 9.17) is 10.5 Å². The summed E-state index contributed by atoms with van der Waals surface area (Å²) in [5.41, 5.74) is 11.9. The van der Waals surface area contributed by atoms with Gasteiger partial charge in [0, 0.05) is 37.5 Å². The highest BCUT2D eigenvalue weighted by Gasteiger charge is 2.58. The first-order chi connectivity index (χ1) is 17.4. The lowest BCUT2D eigenvalue weighted by atomic mass is 9.50. The number of carbonyl (C=O) groups excluding carboxylic acids is 2. The van der Waals surface area contributed by atoms with E-state index < -0.39 is 0 Å². The van der Waals surface area contributed by atoms with Gasteiger partial charge in [-0.1, -0.05) is 30.6 Å². The van der Waals surface area contributed by atoms with E-state index in [0.29, 0.717) is 24.7 Å². The number of ether oxygens (including phenoxy) is 1. The van der Waals surface area contributed by atoms with E-state index in [0.717, 1.165) is 37.8 Å². The van der Waals surface area contributed by atoms with Crippen molar-refractivity contribution in [1.29, 1.82) is 0 Å². The lowest BCUT2D eigenvalue weighted by molar-refractivity contribution is -0.131. The normalized spacial score (nSPS) is 33.1. The van der Waals surface area contributed by atoms with Crippen LogP contribution in [0.1, 0.15) is 63.4 Å². The molecule has 0 aliphatic heterocycles. The molecule has 1 aromatic rings. The molecule has 190 valence electrons. The average Bonchev–Trinajstić information content (AvgIpc) is 3.21. The molecule has 2 fully saturated rings. The summed E-state index contributed by atoms with van der Waals surface area (Å²) in [5, 5.41) is 9.22. The van der Waals surface area contributed by atoms with E-state index in [2.05, 4.69) is 30.9 Å². The molecule has 5 rings (SSSR count). The summed E-state index contributed by atoms with van der Waals surface area (Å²) in [6, 6.07) is 8.24. The molecular formula is C31H37NO4. The highest BCUT2D eigenvalue weighted by atomic mass is 16.5. The van der Waals surface area contributed by atoms with Crippen molar-refractivity contribution in [3.8, 4) is 11.8 Å². The van der Waals surface area contributed by atoms with E-state index in [1.165, 1.54) is 22.3 Å². The van der Waals surface area contributed by atoms with E-state index in [-0.39, 0.29) is 47.9 Å². The number of hydrogen-bond acceptors (Lipinski definition) is 5. The second-order valence-corrected chi connectivity index (χ2v) is 11.3. The second-order valence-electron chi connectivity index (χ2n) is 11.3. The van der Waals surface area contributed by atoms with Crippen molar-refractivity contribution in [2.75, 3.05) is 26.1 Å². The number of carbonyl (C=O) groups is 2. The molecule has 0 amide bonds. The average molecular weight is 488 g/mol. The number of aliphatic hydroxyl groups is 1. The third kappa shape index (κ3) is 4.25. The lowest BCUT2D eigenvalue weighted by Gasteiger charge is -2.53. The molecule has 5 heteroatoms. The Hall–Kier alpha value is -2.68. The molecule has 0 spiro atoms. The van der Waals surface area contributed by atoms with E-state index >= 15 is 0 Å². The quantitative estimate of drug-likeness (QED) is 0.468. The maximum Gasteiger partial charge on any atom is 0.162 e. The van der Waals surface area contributed by atoms with Gasteiger partial charge in [-0.25, -0.2) is 0 Å². The van der Waals surface area contributed by atoms with Gasteiger partial charge in [-0.3, -0.25) is 9.59 Å². The van der Waals surface area contributed by atoms with Gasteiger partial charge in [0.25, 0.3) is 0 Å². The third-order valence-corrected chi connectivity index (χ3v) is 9.49. The van der Waals surface area contributed by atoms with E-state index in [1.54, 1.807) is 7.11 Å². The molecule has 4 aliphatic carbocycles. The van der Waals surface area contributed by atoms with Crippen LogP contribution in [0.2, 0.25) is 0 Å². The van der Waals surface area contributed by atoms with Gasteiger partial charge in [0.15, 0.2) is 11.6 Å². The summed E-state index contributed by atoms with van der Waals surface area (Å²) in [4.78, 5) is 25.7. The standard InChI is InChI=1S/C31H37NO4/c1-31-17-26(19-6-8-21(32)9-7-19)30-23-11-10-22(34)16-24(23)20(5-3-4-14-33)15-25(30)27(31)12-13-28(31)29(35)18-36-2/h6-9,16,20,25-28,33H,5,10-15,17-18,32H2,1-2H3/t20?,25-,26+,27-,28+,31-/m0/s1. The van der Waals surface area contributed by atoms with Gasteiger partial charge >= 0.3 is 0 Å². The minimum Gasteiger partial charge on any atom is -0.399 e. The van der Waals surface area contributed by atoms with Crippen LogP contribution in [0.4, 0.5) is 5.69 Å². The Morgan fingerprint density at radius 3 is 2.69 bits per heavy atom. The van der Waals surface area contributed by atoms with Gasteiger partial charge < -0.3 is 15.6 Å². The molecular weight excluding hydrogens is 450 g/mol. The minimum atomic E-state index is -0.148. The van der Waals surface area contributed by atoms with Crippen LogP contribution in [-0.4, -0.2) is 37.0 Å². The number of nitrogen functional groups attached to an aromatic ring is 1. The van der Waals surface area contributed by atoms with Crippen LogP contribution in [0, 0.1) is 40.9 Å². The Bertz CT molecular complexity index is 1170. The largest absolute Gasteiger partial charge is 0.399 e. The number of ketones is 2. The molecule has 3 N–H and O–H groups in total. The van der Waals surface area contributed by atoms with E-state index in [9.17, 15) is 14.7 Å². The molecule has 0 radical (unpaired) electrons. The van der Waals surface area contributed by atoms with Gasteiger partial charge in [-0.05, 0) is 90.2 Å². The number of fused-ring (bicyclic) bond motifs is 4. The van der Waals surface area contributed by atoms with Crippen molar-refractivity contribution in [1.82, 2.24) is 0 Å². The number of aliphatic hydroxyl groups excluding tert-OH is 1. The van der Waals surface area contributed by atoms with Crippen molar-refractivity contribution in [3.05, 3.63) is 52.6 Å². The van der Waals surface area contributed by atoms with Gasteiger partial charge in [0.05, 0.1) is 0 Å². The molecule has 6 atom stereocenters. The molecule has 2 saturated carbocycles. The maximum absolute atomic E-state index is 13.2. The first-order valence-electron chi connectivity index (χ1n) is 13.3. The summed E-state index contributed by atoms with van der Waals surface area (Å²) in [5.74, 6) is 7.54. The van der Waals surface area contributed by atoms with Gasteiger partial charge in [-0.15, -0.1) is 5.92 Å². The van der Waals surface area contributed by atoms with Crippen molar-refractivity contribution in [2.45, 2.75) is 57.8 Å². The fraction of sp³-hybridized carbons (Fsp3) is 0.548. The zero-order chi connectivity index (χ0) is 25.4. The summed E-state index contributed by atoms with van der Waals surface area (Å²) in [6.45, 7) is 2.36. The van der Waals surface area contributed by atoms with Crippen LogP contribution in [0.25, 0.3) is 0 Å². The first-order valence-corrected chi connectivity index (χ1v) is 13.3. The number of hydrogen-bond donors (Lipinski definition) is 2. The summed E-state index contributed by atoms with van der Waals surface area (Å²) in [7, 11) is 1.60. The van der Waals surface area contributed by atoms with Crippen LogP contribution >= 0.6 is 0 Å². The highest BCUT2D eigenvalue weighted by molar-refractivity contribution is 5.93. The lowest BCUT2D eigenvalue weighted by Crippen LogP contribution is -2.46. The molecule has 0 saturated heterocycles. The van der Waals surface area contributed by atoms with Crippen molar-refractivity contribution < 1.29 is 19.4 Å². The minimum absolute atomic E-state index is 0.00258. The molecule has 5 nitrogen and oxygen atoms in total. The molecule has 4 aliphatic rings. The van der Waals surface area contributed by atoms with Crippen molar-refractivity contribution in [3.63, 3.8) is 0 Å². The van der Waals surface area contributed by atoms with Crippen LogP contribution < -0.4 is 5.73 Å². The summed E-state index contributed by atoms with van der Waals surface area (Å²) >= 11 is 0. The number of allylic oxidation sites excluding steroid dienone is 4. The van der Waals surface area contributed by atoms with Crippen molar-refractivity contribution >= 4 is 17.3 Å². The molecule has 1 unspecified atom stereocenters. The third-order valence-electron chi connectivity index (χ3n) is 9.49. The maximum atomic E-state index is 13.2. The number of methoxy groups -OCH3 is 1. The van der Waals surface area contributed by atoms with Crippen molar-refractivity contribution in [2.24, 2.45) is 29.1 Å². The Labute approximate surface area is 214 Å². The smallest absolute Gasteiger partial charge is 0.162 e. The Morgan fingerprint density at radius 2 is 1.97 bits per heavy atom. The van der Waals surface area contributed by atoms with E-state index in [1.807, 2.05) is 18.2 Å². The van der Waals surface area contributed by atoms with Gasteiger partial charge in [0.1, 0.15) is 13.2 Å². The zero-order valence-electron chi connectivity index (χ0n) is 21.4. The van der Waals surface area contributed by atoms with Crippen LogP contribution in [-0.2, 0) is 14.3 Å². The molecule has 36 heavy (non-hydrogen) atoms. The number of nitrogens with two attached hydrogens (primary N) is 1.